The number of likely N-dealkylation sites (tertiary alicyclic amines) is 1. The summed E-state index contributed by atoms with van der Waals surface area (Å²) < 4.78 is 0. The first-order valence-corrected chi connectivity index (χ1v) is 8.54. The molecule has 0 aromatic heterocycles. The van der Waals surface area contributed by atoms with E-state index in [1.807, 2.05) is 30.3 Å². The molecule has 1 saturated heterocycles. The summed E-state index contributed by atoms with van der Waals surface area (Å²) in [6.45, 7) is 1.72. The minimum Gasteiger partial charge on any atom is -0.352 e. The molecule has 5 nitrogen and oxygen atoms in total. The van der Waals surface area contributed by atoms with Crippen LogP contribution in [0.15, 0.2) is 30.3 Å². The van der Waals surface area contributed by atoms with Crippen molar-refractivity contribution in [1.29, 1.82) is 0 Å². The predicted octanol–water partition coefficient (Wildman–Crippen LogP) is 1.39. The number of nitrogens with zero attached hydrogens (tertiary/aromatic N) is 1. The van der Waals surface area contributed by atoms with Crippen molar-refractivity contribution in [2.24, 2.45) is 17.6 Å². The van der Waals surface area contributed by atoms with Crippen LogP contribution in [-0.2, 0) is 4.79 Å². The van der Waals surface area contributed by atoms with E-state index in [0.29, 0.717) is 24.6 Å². The zero-order valence-corrected chi connectivity index (χ0v) is 13.4. The first-order valence-electron chi connectivity index (χ1n) is 8.54. The Bertz CT molecular complexity index is 557. The smallest absolute Gasteiger partial charge is 0.253 e. The maximum absolute atomic E-state index is 12.5. The van der Waals surface area contributed by atoms with E-state index in [1.54, 1.807) is 4.90 Å². The summed E-state index contributed by atoms with van der Waals surface area (Å²) in [6.07, 6.45) is 4.02. The molecular weight excluding hydrogens is 290 g/mol. The second kappa shape index (κ2) is 7.13. The van der Waals surface area contributed by atoms with Crippen LogP contribution < -0.4 is 11.1 Å². The van der Waals surface area contributed by atoms with Gasteiger partial charge in [-0.05, 0) is 43.7 Å². The highest BCUT2D eigenvalue weighted by Crippen LogP contribution is 2.32. The first kappa shape index (κ1) is 16.0. The molecule has 3 rings (SSSR count). The SMILES string of the molecule is NCC(NC(=O)C1CCCN(C(=O)c2ccccc2)C1)C1CC1. The van der Waals surface area contributed by atoms with Gasteiger partial charge in [0.2, 0.25) is 5.91 Å². The van der Waals surface area contributed by atoms with E-state index in [-0.39, 0.29) is 23.8 Å². The molecule has 1 heterocycles. The number of carbonyl (C=O) groups excluding carboxylic acids is 2. The molecule has 1 aromatic rings. The molecule has 1 aliphatic heterocycles. The number of hydrogen-bond acceptors (Lipinski definition) is 3. The fraction of sp³-hybridized carbons (Fsp3) is 0.556. The number of nitrogens with one attached hydrogen (secondary N) is 1. The second-order valence-electron chi connectivity index (χ2n) is 6.64. The third-order valence-corrected chi connectivity index (χ3v) is 4.87. The standard InChI is InChI=1S/C18H25N3O2/c19-11-16(13-8-9-13)20-17(22)15-7-4-10-21(12-15)18(23)14-5-2-1-3-6-14/h1-3,5-6,13,15-16H,4,7-12,19H2,(H,20,22). The third-order valence-electron chi connectivity index (χ3n) is 4.87. The number of hydrogen-bond donors (Lipinski definition) is 2. The van der Waals surface area contributed by atoms with E-state index in [9.17, 15) is 9.59 Å². The number of amides is 2. The van der Waals surface area contributed by atoms with E-state index in [4.69, 9.17) is 5.73 Å². The topological polar surface area (TPSA) is 75.4 Å². The summed E-state index contributed by atoms with van der Waals surface area (Å²) in [5.41, 5.74) is 6.45. The highest BCUT2D eigenvalue weighted by molar-refractivity contribution is 5.94. The van der Waals surface area contributed by atoms with Crippen LogP contribution in [-0.4, -0.2) is 42.4 Å². The molecule has 0 radical (unpaired) electrons. The van der Waals surface area contributed by atoms with Crippen LogP contribution in [0.25, 0.3) is 0 Å². The summed E-state index contributed by atoms with van der Waals surface area (Å²) >= 11 is 0. The molecule has 1 aliphatic carbocycles. The molecular formula is C18H25N3O2. The van der Waals surface area contributed by atoms with Gasteiger partial charge < -0.3 is 16.0 Å². The third kappa shape index (κ3) is 3.91. The molecule has 124 valence electrons. The lowest BCUT2D eigenvalue weighted by Crippen LogP contribution is -2.49. The Morgan fingerprint density at radius 1 is 1.22 bits per heavy atom. The van der Waals surface area contributed by atoms with E-state index in [1.165, 1.54) is 0 Å². The van der Waals surface area contributed by atoms with Crippen molar-refractivity contribution in [3.8, 4) is 0 Å². The summed E-state index contributed by atoms with van der Waals surface area (Å²) in [4.78, 5) is 26.8. The Morgan fingerprint density at radius 3 is 2.61 bits per heavy atom. The first-order chi connectivity index (χ1) is 11.2. The van der Waals surface area contributed by atoms with Gasteiger partial charge in [0.05, 0.1) is 5.92 Å². The number of nitrogens with two attached hydrogens (primary N) is 1. The fourth-order valence-electron chi connectivity index (χ4n) is 3.31. The summed E-state index contributed by atoms with van der Waals surface area (Å²) in [6, 6.07) is 9.37. The molecule has 0 spiro atoms. The average molecular weight is 315 g/mol. The van der Waals surface area contributed by atoms with Crippen molar-refractivity contribution in [2.75, 3.05) is 19.6 Å². The van der Waals surface area contributed by atoms with E-state index in [0.717, 1.165) is 32.2 Å². The lowest BCUT2D eigenvalue weighted by molar-refractivity contribution is -0.127. The van der Waals surface area contributed by atoms with Crippen molar-refractivity contribution in [3.63, 3.8) is 0 Å². The van der Waals surface area contributed by atoms with Crippen molar-refractivity contribution < 1.29 is 9.59 Å². The summed E-state index contributed by atoms with van der Waals surface area (Å²) in [7, 11) is 0. The Morgan fingerprint density at radius 2 is 1.96 bits per heavy atom. The van der Waals surface area contributed by atoms with Crippen LogP contribution in [0.3, 0.4) is 0 Å². The molecule has 1 saturated carbocycles. The van der Waals surface area contributed by atoms with Crippen LogP contribution in [0.1, 0.15) is 36.0 Å². The van der Waals surface area contributed by atoms with Gasteiger partial charge in [0, 0.05) is 31.2 Å². The summed E-state index contributed by atoms with van der Waals surface area (Å²) in [5.74, 6) is 0.498. The Kier molecular flexibility index (Phi) is 4.96. The average Bonchev–Trinajstić information content (AvgIpc) is 3.44. The highest BCUT2D eigenvalue weighted by atomic mass is 16.2. The van der Waals surface area contributed by atoms with Gasteiger partial charge in [0.25, 0.3) is 5.91 Å². The largest absolute Gasteiger partial charge is 0.352 e. The predicted molar refractivity (Wildman–Crippen MR) is 88.8 cm³/mol. The lowest BCUT2D eigenvalue weighted by Gasteiger charge is -2.33. The van der Waals surface area contributed by atoms with Crippen molar-refractivity contribution >= 4 is 11.8 Å². The van der Waals surface area contributed by atoms with Gasteiger partial charge in [0.15, 0.2) is 0 Å². The number of carbonyl (C=O) groups is 2. The van der Waals surface area contributed by atoms with Crippen LogP contribution in [0, 0.1) is 11.8 Å². The maximum Gasteiger partial charge on any atom is 0.253 e. The molecule has 2 amide bonds. The zero-order valence-electron chi connectivity index (χ0n) is 13.4. The Balaban J connectivity index is 1.59. The molecule has 2 aliphatic rings. The Labute approximate surface area is 137 Å². The number of piperidine rings is 1. The molecule has 0 bridgehead atoms. The minimum absolute atomic E-state index is 0.0145. The molecule has 5 heteroatoms. The molecule has 1 aromatic carbocycles. The molecule has 2 fully saturated rings. The van der Waals surface area contributed by atoms with Crippen LogP contribution in [0.2, 0.25) is 0 Å². The quantitative estimate of drug-likeness (QED) is 0.862. The Hall–Kier alpha value is -1.88. The number of benzene rings is 1. The van der Waals surface area contributed by atoms with E-state index < -0.39 is 0 Å². The van der Waals surface area contributed by atoms with Crippen molar-refractivity contribution in [3.05, 3.63) is 35.9 Å². The van der Waals surface area contributed by atoms with E-state index in [2.05, 4.69) is 5.32 Å². The molecule has 3 N–H and O–H groups in total. The van der Waals surface area contributed by atoms with Gasteiger partial charge >= 0.3 is 0 Å². The zero-order chi connectivity index (χ0) is 16.2. The van der Waals surface area contributed by atoms with Gasteiger partial charge in [-0.3, -0.25) is 9.59 Å². The van der Waals surface area contributed by atoms with Gasteiger partial charge in [-0.2, -0.15) is 0 Å². The molecule has 23 heavy (non-hydrogen) atoms. The highest BCUT2D eigenvalue weighted by Gasteiger charge is 2.34. The molecule has 2 atom stereocenters. The number of rotatable bonds is 5. The van der Waals surface area contributed by atoms with Crippen LogP contribution >= 0.6 is 0 Å². The van der Waals surface area contributed by atoms with Gasteiger partial charge in [-0.1, -0.05) is 18.2 Å². The van der Waals surface area contributed by atoms with Crippen LogP contribution in [0.4, 0.5) is 0 Å². The van der Waals surface area contributed by atoms with Crippen molar-refractivity contribution in [2.45, 2.75) is 31.7 Å². The van der Waals surface area contributed by atoms with Crippen molar-refractivity contribution in [1.82, 2.24) is 10.2 Å². The van der Waals surface area contributed by atoms with Gasteiger partial charge in [0.1, 0.15) is 0 Å². The van der Waals surface area contributed by atoms with Gasteiger partial charge in [-0.15, -0.1) is 0 Å². The van der Waals surface area contributed by atoms with Crippen LogP contribution in [0.5, 0.6) is 0 Å². The monoisotopic (exact) mass is 315 g/mol. The van der Waals surface area contributed by atoms with E-state index >= 15 is 0 Å². The fourth-order valence-corrected chi connectivity index (χ4v) is 3.31. The minimum atomic E-state index is -0.121. The normalized spacial score (nSPS) is 22.5. The van der Waals surface area contributed by atoms with Gasteiger partial charge in [-0.25, -0.2) is 0 Å². The lowest BCUT2D eigenvalue weighted by atomic mass is 9.96. The second-order valence-corrected chi connectivity index (χ2v) is 6.64. The molecule has 2 unspecified atom stereocenters. The maximum atomic E-state index is 12.5. The summed E-state index contributed by atoms with van der Waals surface area (Å²) in [5, 5.41) is 3.10.